The molecule has 0 heterocycles. The molecule has 0 saturated carbocycles. The molecular formula is C16H18FN3O2. The van der Waals surface area contributed by atoms with Gasteiger partial charge in [-0.25, -0.2) is 9.18 Å². The molecule has 0 bridgehead atoms. The zero-order valence-electron chi connectivity index (χ0n) is 12.2. The quantitative estimate of drug-likeness (QED) is 0.738. The van der Waals surface area contributed by atoms with Gasteiger partial charge >= 0.3 is 6.09 Å². The summed E-state index contributed by atoms with van der Waals surface area (Å²) in [7, 11) is 0. The average molecular weight is 303 g/mol. The van der Waals surface area contributed by atoms with Crippen molar-refractivity contribution in [1.82, 2.24) is 0 Å². The second kappa shape index (κ2) is 7.31. The van der Waals surface area contributed by atoms with E-state index in [0.29, 0.717) is 17.9 Å². The van der Waals surface area contributed by atoms with Crippen molar-refractivity contribution in [3.63, 3.8) is 0 Å². The van der Waals surface area contributed by atoms with Crippen LogP contribution in [0.25, 0.3) is 0 Å². The Morgan fingerprint density at radius 2 is 1.95 bits per heavy atom. The number of ether oxygens (including phenoxy) is 1. The SMILES string of the molecule is CCOC(=O)Nc1cc(NCc2ccc(F)cc2)ccc1N. The highest BCUT2D eigenvalue weighted by molar-refractivity contribution is 5.90. The Hall–Kier alpha value is -2.76. The van der Waals surface area contributed by atoms with Crippen molar-refractivity contribution >= 4 is 23.2 Å². The zero-order chi connectivity index (χ0) is 15.9. The third kappa shape index (κ3) is 4.37. The first-order valence-electron chi connectivity index (χ1n) is 6.90. The number of carbonyl (C=O) groups excluding carboxylic acids is 1. The van der Waals surface area contributed by atoms with Gasteiger partial charge in [0.1, 0.15) is 5.82 Å². The Kier molecular flexibility index (Phi) is 5.19. The van der Waals surface area contributed by atoms with Crippen LogP contribution in [0.2, 0.25) is 0 Å². The number of nitrogens with two attached hydrogens (primary N) is 1. The number of hydrogen-bond acceptors (Lipinski definition) is 4. The molecule has 6 heteroatoms. The Morgan fingerprint density at radius 3 is 2.64 bits per heavy atom. The Labute approximate surface area is 128 Å². The average Bonchev–Trinajstić information content (AvgIpc) is 2.50. The molecule has 116 valence electrons. The molecule has 0 unspecified atom stereocenters. The molecule has 0 aliphatic carbocycles. The van der Waals surface area contributed by atoms with Gasteiger partial charge < -0.3 is 15.8 Å². The monoisotopic (exact) mass is 303 g/mol. The molecule has 0 radical (unpaired) electrons. The standard InChI is InChI=1S/C16H18FN3O2/c1-2-22-16(21)20-15-9-13(7-8-14(15)18)19-10-11-3-5-12(17)6-4-11/h3-9,19H,2,10,18H2,1H3,(H,20,21). The molecule has 2 rings (SSSR count). The molecule has 0 fully saturated rings. The molecule has 1 amide bonds. The van der Waals surface area contributed by atoms with E-state index >= 15 is 0 Å². The van der Waals surface area contributed by atoms with E-state index in [-0.39, 0.29) is 12.4 Å². The molecule has 0 saturated heterocycles. The Bertz CT molecular complexity index is 644. The zero-order valence-corrected chi connectivity index (χ0v) is 12.2. The topological polar surface area (TPSA) is 76.4 Å². The number of rotatable bonds is 5. The lowest BCUT2D eigenvalue weighted by Gasteiger charge is -2.12. The molecule has 5 nitrogen and oxygen atoms in total. The summed E-state index contributed by atoms with van der Waals surface area (Å²) in [4.78, 5) is 11.4. The van der Waals surface area contributed by atoms with Gasteiger partial charge in [0.05, 0.1) is 18.0 Å². The van der Waals surface area contributed by atoms with Crippen molar-refractivity contribution in [2.75, 3.05) is 23.0 Å². The number of benzene rings is 2. The van der Waals surface area contributed by atoms with Crippen molar-refractivity contribution in [2.45, 2.75) is 13.5 Å². The molecule has 0 aliphatic rings. The summed E-state index contributed by atoms with van der Waals surface area (Å²) in [6, 6.07) is 11.4. The van der Waals surface area contributed by atoms with Crippen molar-refractivity contribution in [1.29, 1.82) is 0 Å². The van der Waals surface area contributed by atoms with E-state index in [1.165, 1.54) is 12.1 Å². The summed E-state index contributed by atoms with van der Waals surface area (Å²) in [5.74, 6) is -0.267. The molecule has 0 spiro atoms. The third-order valence-electron chi connectivity index (χ3n) is 2.98. The predicted octanol–water partition coefficient (Wildman–Crippen LogP) is 3.59. The van der Waals surface area contributed by atoms with Gasteiger partial charge in [0.25, 0.3) is 0 Å². The van der Waals surface area contributed by atoms with Crippen molar-refractivity contribution < 1.29 is 13.9 Å². The number of nitrogens with one attached hydrogen (secondary N) is 2. The van der Waals surface area contributed by atoms with Gasteiger partial charge in [-0.05, 0) is 42.8 Å². The Balaban J connectivity index is 2.02. The number of halogens is 1. The van der Waals surface area contributed by atoms with Crippen LogP contribution >= 0.6 is 0 Å². The largest absolute Gasteiger partial charge is 0.450 e. The first-order chi connectivity index (χ1) is 10.6. The van der Waals surface area contributed by atoms with Crippen LogP contribution in [-0.4, -0.2) is 12.7 Å². The molecule has 22 heavy (non-hydrogen) atoms. The predicted molar refractivity (Wildman–Crippen MR) is 85.2 cm³/mol. The minimum absolute atomic E-state index is 0.267. The minimum Gasteiger partial charge on any atom is -0.450 e. The second-order valence-electron chi connectivity index (χ2n) is 4.63. The maximum atomic E-state index is 12.8. The lowest BCUT2D eigenvalue weighted by molar-refractivity contribution is 0.168. The summed E-state index contributed by atoms with van der Waals surface area (Å²) in [6.07, 6.45) is -0.551. The number of nitrogen functional groups attached to an aromatic ring is 1. The highest BCUT2D eigenvalue weighted by Crippen LogP contribution is 2.23. The van der Waals surface area contributed by atoms with Crippen LogP contribution in [-0.2, 0) is 11.3 Å². The maximum Gasteiger partial charge on any atom is 0.411 e. The van der Waals surface area contributed by atoms with Crippen LogP contribution in [0.3, 0.4) is 0 Å². The van der Waals surface area contributed by atoms with Gasteiger partial charge in [0.15, 0.2) is 0 Å². The van der Waals surface area contributed by atoms with E-state index in [4.69, 9.17) is 10.5 Å². The molecular weight excluding hydrogens is 285 g/mol. The molecule has 0 aliphatic heterocycles. The summed E-state index contributed by atoms with van der Waals surface area (Å²) >= 11 is 0. The maximum absolute atomic E-state index is 12.8. The second-order valence-corrected chi connectivity index (χ2v) is 4.63. The molecule has 0 atom stereocenters. The van der Waals surface area contributed by atoms with Crippen LogP contribution in [0.1, 0.15) is 12.5 Å². The van der Waals surface area contributed by atoms with Crippen LogP contribution in [0, 0.1) is 5.82 Å². The van der Waals surface area contributed by atoms with Gasteiger partial charge in [-0.3, -0.25) is 5.32 Å². The first-order valence-corrected chi connectivity index (χ1v) is 6.90. The van der Waals surface area contributed by atoms with Crippen LogP contribution in [0.4, 0.5) is 26.2 Å². The fourth-order valence-electron chi connectivity index (χ4n) is 1.86. The van der Waals surface area contributed by atoms with Gasteiger partial charge in [0, 0.05) is 12.2 Å². The van der Waals surface area contributed by atoms with E-state index in [9.17, 15) is 9.18 Å². The normalized spacial score (nSPS) is 10.1. The highest BCUT2D eigenvalue weighted by Gasteiger charge is 2.06. The Morgan fingerprint density at radius 1 is 1.23 bits per heavy atom. The molecule has 2 aromatic carbocycles. The summed E-state index contributed by atoms with van der Waals surface area (Å²) in [6.45, 7) is 2.54. The lowest BCUT2D eigenvalue weighted by Crippen LogP contribution is -2.14. The van der Waals surface area contributed by atoms with E-state index in [1.54, 1.807) is 37.3 Å². The van der Waals surface area contributed by atoms with Crippen molar-refractivity contribution in [3.05, 3.63) is 53.8 Å². The molecule has 4 N–H and O–H groups in total. The van der Waals surface area contributed by atoms with Crippen LogP contribution in [0.15, 0.2) is 42.5 Å². The van der Waals surface area contributed by atoms with Gasteiger partial charge in [-0.2, -0.15) is 0 Å². The van der Waals surface area contributed by atoms with Gasteiger partial charge in [-0.1, -0.05) is 12.1 Å². The van der Waals surface area contributed by atoms with E-state index in [2.05, 4.69) is 10.6 Å². The van der Waals surface area contributed by atoms with E-state index in [0.717, 1.165) is 11.3 Å². The van der Waals surface area contributed by atoms with Crippen LogP contribution in [0.5, 0.6) is 0 Å². The smallest absolute Gasteiger partial charge is 0.411 e. The fraction of sp³-hybridized carbons (Fsp3) is 0.188. The van der Waals surface area contributed by atoms with E-state index in [1.807, 2.05) is 0 Å². The summed E-state index contributed by atoms with van der Waals surface area (Å²) < 4.78 is 17.7. The number of carbonyl (C=O) groups is 1. The summed E-state index contributed by atoms with van der Waals surface area (Å²) in [5.41, 5.74) is 8.46. The summed E-state index contributed by atoms with van der Waals surface area (Å²) in [5, 5.41) is 5.76. The third-order valence-corrected chi connectivity index (χ3v) is 2.98. The van der Waals surface area contributed by atoms with Gasteiger partial charge in [0.2, 0.25) is 0 Å². The van der Waals surface area contributed by atoms with Crippen LogP contribution < -0.4 is 16.4 Å². The lowest BCUT2D eigenvalue weighted by atomic mass is 10.2. The fourth-order valence-corrected chi connectivity index (χ4v) is 1.86. The van der Waals surface area contributed by atoms with Crippen molar-refractivity contribution in [3.8, 4) is 0 Å². The number of hydrogen-bond donors (Lipinski definition) is 3. The highest BCUT2D eigenvalue weighted by atomic mass is 19.1. The first kappa shape index (κ1) is 15.6. The van der Waals surface area contributed by atoms with Crippen molar-refractivity contribution in [2.24, 2.45) is 0 Å². The molecule has 0 aromatic heterocycles. The molecule has 2 aromatic rings. The van der Waals surface area contributed by atoms with Gasteiger partial charge in [-0.15, -0.1) is 0 Å². The minimum atomic E-state index is -0.551. The van der Waals surface area contributed by atoms with E-state index < -0.39 is 6.09 Å². The number of anilines is 3. The number of amides is 1.